The number of anilines is 2. The zero-order chi connectivity index (χ0) is 23.6. The van der Waals surface area contributed by atoms with E-state index in [-0.39, 0.29) is 18.1 Å². The lowest BCUT2D eigenvalue weighted by atomic mass is 10.0. The number of para-hydroxylation sites is 1. The maximum Gasteiger partial charge on any atom is 0.229 e. The molecule has 0 fully saturated rings. The summed E-state index contributed by atoms with van der Waals surface area (Å²) in [5.41, 5.74) is 5.32. The van der Waals surface area contributed by atoms with E-state index in [1.165, 1.54) is 12.1 Å². The van der Waals surface area contributed by atoms with Gasteiger partial charge in [0.15, 0.2) is 0 Å². The van der Waals surface area contributed by atoms with Gasteiger partial charge >= 0.3 is 0 Å². The van der Waals surface area contributed by atoms with Crippen LogP contribution in [0.15, 0.2) is 66.7 Å². The molecule has 0 saturated carbocycles. The molecule has 6 nitrogen and oxygen atoms in total. The maximum absolute atomic E-state index is 13.4. The molecule has 0 aliphatic rings. The Bertz CT molecular complexity index is 1430. The summed E-state index contributed by atoms with van der Waals surface area (Å²) in [6.07, 6.45) is 1.78. The molecule has 0 saturated heterocycles. The Kier molecular flexibility index (Phi) is 6.20. The third-order valence-corrected chi connectivity index (χ3v) is 5.96. The number of halogens is 1. The number of H-pyrrole nitrogens is 1. The number of fused-ring (bicyclic) bond motifs is 1. The van der Waals surface area contributed by atoms with E-state index in [0.29, 0.717) is 17.8 Å². The lowest BCUT2D eigenvalue weighted by Crippen LogP contribution is -2.14. The zero-order valence-corrected chi connectivity index (χ0v) is 19.1. The highest BCUT2D eigenvalue weighted by molar-refractivity contribution is 7.92. The first kappa shape index (κ1) is 22.5. The number of carbonyl (C=O) groups is 1. The minimum atomic E-state index is -3.43. The van der Waals surface area contributed by atoms with Gasteiger partial charge < -0.3 is 10.3 Å². The Morgan fingerprint density at radius 2 is 1.76 bits per heavy atom. The molecule has 1 heterocycles. The van der Waals surface area contributed by atoms with E-state index in [2.05, 4.69) is 15.0 Å². The summed E-state index contributed by atoms with van der Waals surface area (Å²) >= 11 is 0. The molecule has 4 rings (SSSR count). The molecule has 170 valence electrons. The molecule has 8 heteroatoms. The number of aryl methyl sites for hydroxylation is 2. The molecule has 0 spiro atoms. The molecule has 0 aliphatic heterocycles. The standard InChI is InChI=1S/C25H24FN3O3S/c1-16-7-12-19(15-23(16)29-33(2,31)32)27-24(30)14-13-21-20-5-3-4-6-22(20)28-25(21)17-8-10-18(26)11-9-17/h3-12,15,28-29H,13-14H2,1-2H3,(H,27,30). The number of carbonyl (C=O) groups excluding carboxylic acids is 1. The Morgan fingerprint density at radius 3 is 2.48 bits per heavy atom. The van der Waals surface area contributed by atoms with Crippen molar-refractivity contribution in [2.75, 3.05) is 16.3 Å². The second-order valence-corrected chi connectivity index (χ2v) is 9.73. The van der Waals surface area contributed by atoms with Crippen molar-refractivity contribution in [3.05, 3.63) is 83.7 Å². The first-order chi connectivity index (χ1) is 15.7. The second-order valence-electron chi connectivity index (χ2n) is 7.98. The number of nitrogens with one attached hydrogen (secondary N) is 3. The Balaban J connectivity index is 1.54. The first-order valence-electron chi connectivity index (χ1n) is 10.4. The molecule has 0 bridgehead atoms. The van der Waals surface area contributed by atoms with Crippen LogP contribution in [0.4, 0.5) is 15.8 Å². The summed E-state index contributed by atoms with van der Waals surface area (Å²) in [6.45, 7) is 1.78. The van der Waals surface area contributed by atoms with E-state index in [1.54, 1.807) is 37.3 Å². The van der Waals surface area contributed by atoms with Gasteiger partial charge in [-0.1, -0.05) is 24.3 Å². The normalized spacial score (nSPS) is 11.5. The van der Waals surface area contributed by atoms with Crippen LogP contribution in [0.1, 0.15) is 17.5 Å². The van der Waals surface area contributed by atoms with Crippen LogP contribution in [-0.4, -0.2) is 25.6 Å². The fraction of sp³-hybridized carbons (Fsp3) is 0.160. The number of hydrogen-bond donors (Lipinski definition) is 3. The van der Waals surface area contributed by atoms with Gasteiger partial charge in [-0.2, -0.15) is 0 Å². The van der Waals surface area contributed by atoms with Crippen LogP contribution >= 0.6 is 0 Å². The van der Waals surface area contributed by atoms with Gasteiger partial charge in [0.25, 0.3) is 0 Å². The average Bonchev–Trinajstić information content (AvgIpc) is 3.13. The van der Waals surface area contributed by atoms with E-state index < -0.39 is 10.0 Å². The molecule has 3 aromatic carbocycles. The number of aromatic nitrogens is 1. The van der Waals surface area contributed by atoms with Gasteiger partial charge in [0.1, 0.15) is 5.82 Å². The minimum absolute atomic E-state index is 0.195. The fourth-order valence-corrected chi connectivity index (χ4v) is 4.41. The summed E-state index contributed by atoms with van der Waals surface area (Å²) in [6, 6.07) is 19.2. The molecule has 0 radical (unpaired) electrons. The maximum atomic E-state index is 13.4. The van der Waals surface area contributed by atoms with Crippen LogP contribution in [0.2, 0.25) is 0 Å². The molecule has 1 amide bonds. The molecular weight excluding hydrogens is 441 g/mol. The van der Waals surface area contributed by atoms with Gasteiger partial charge in [0.2, 0.25) is 15.9 Å². The number of hydrogen-bond acceptors (Lipinski definition) is 3. The van der Waals surface area contributed by atoms with Crippen LogP contribution in [0, 0.1) is 12.7 Å². The highest BCUT2D eigenvalue weighted by atomic mass is 32.2. The van der Waals surface area contributed by atoms with E-state index in [9.17, 15) is 17.6 Å². The molecule has 33 heavy (non-hydrogen) atoms. The van der Waals surface area contributed by atoms with Crippen LogP contribution < -0.4 is 10.0 Å². The predicted molar refractivity (Wildman–Crippen MR) is 130 cm³/mol. The largest absolute Gasteiger partial charge is 0.354 e. The third-order valence-electron chi connectivity index (χ3n) is 5.37. The minimum Gasteiger partial charge on any atom is -0.354 e. The molecule has 0 unspecified atom stereocenters. The highest BCUT2D eigenvalue weighted by Crippen LogP contribution is 2.31. The summed E-state index contributed by atoms with van der Waals surface area (Å²) in [7, 11) is -3.43. The van der Waals surface area contributed by atoms with Crippen molar-refractivity contribution in [3.8, 4) is 11.3 Å². The van der Waals surface area contributed by atoms with Crippen molar-refractivity contribution < 1.29 is 17.6 Å². The Hall–Kier alpha value is -3.65. The summed E-state index contributed by atoms with van der Waals surface area (Å²) in [5.74, 6) is -0.502. The predicted octanol–water partition coefficient (Wildman–Crippen LogP) is 5.23. The van der Waals surface area contributed by atoms with Crippen LogP contribution in [0.3, 0.4) is 0 Å². The van der Waals surface area contributed by atoms with Gasteiger partial charge in [-0.15, -0.1) is 0 Å². The lowest BCUT2D eigenvalue weighted by Gasteiger charge is -2.11. The number of amides is 1. The van der Waals surface area contributed by atoms with E-state index in [1.807, 2.05) is 24.3 Å². The van der Waals surface area contributed by atoms with Crippen molar-refractivity contribution >= 4 is 38.2 Å². The summed E-state index contributed by atoms with van der Waals surface area (Å²) in [4.78, 5) is 16.1. The second kappa shape index (κ2) is 9.07. The third kappa shape index (κ3) is 5.40. The first-order valence-corrected chi connectivity index (χ1v) is 12.3. The van der Waals surface area contributed by atoms with Crippen molar-refractivity contribution in [3.63, 3.8) is 0 Å². The van der Waals surface area contributed by atoms with Crippen molar-refractivity contribution in [1.82, 2.24) is 4.98 Å². The topological polar surface area (TPSA) is 91.1 Å². The summed E-state index contributed by atoms with van der Waals surface area (Å²) in [5, 5.41) is 3.85. The van der Waals surface area contributed by atoms with Gasteiger partial charge in [-0.05, 0) is 72.5 Å². The monoisotopic (exact) mass is 465 g/mol. The molecule has 0 atom stereocenters. The van der Waals surface area contributed by atoms with E-state index in [4.69, 9.17) is 0 Å². The van der Waals surface area contributed by atoms with Gasteiger partial charge in [-0.25, -0.2) is 12.8 Å². The molecule has 3 N–H and O–H groups in total. The van der Waals surface area contributed by atoms with Gasteiger partial charge in [-0.3, -0.25) is 9.52 Å². The molecule has 1 aromatic heterocycles. The number of aromatic amines is 1. The zero-order valence-electron chi connectivity index (χ0n) is 18.3. The van der Waals surface area contributed by atoms with Gasteiger partial charge in [0.05, 0.1) is 11.9 Å². The molecular formula is C25H24FN3O3S. The van der Waals surface area contributed by atoms with Crippen molar-refractivity contribution in [2.45, 2.75) is 19.8 Å². The van der Waals surface area contributed by atoms with Gasteiger partial charge in [0, 0.05) is 28.7 Å². The van der Waals surface area contributed by atoms with Crippen LogP contribution in [0.5, 0.6) is 0 Å². The van der Waals surface area contributed by atoms with Crippen molar-refractivity contribution in [2.24, 2.45) is 0 Å². The SMILES string of the molecule is Cc1ccc(NC(=O)CCc2c(-c3ccc(F)cc3)[nH]c3ccccc23)cc1NS(C)(=O)=O. The smallest absolute Gasteiger partial charge is 0.229 e. The highest BCUT2D eigenvalue weighted by Gasteiger charge is 2.15. The quantitative estimate of drug-likeness (QED) is 0.349. The molecule has 4 aromatic rings. The fourth-order valence-electron chi connectivity index (χ4n) is 3.79. The number of rotatable bonds is 7. The van der Waals surface area contributed by atoms with Crippen LogP contribution in [0.25, 0.3) is 22.2 Å². The van der Waals surface area contributed by atoms with Crippen molar-refractivity contribution in [1.29, 1.82) is 0 Å². The molecule has 0 aliphatic carbocycles. The lowest BCUT2D eigenvalue weighted by molar-refractivity contribution is -0.116. The summed E-state index contributed by atoms with van der Waals surface area (Å²) < 4.78 is 39.0. The number of benzene rings is 3. The Labute approximate surface area is 191 Å². The average molecular weight is 466 g/mol. The van der Waals surface area contributed by atoms with E-state index >= 15 is 0 Å². The van der Waals surface area contributed by atoms with E-state index in [0.717, 1.165) is 39.5 Å². The van der Waals surface area contributed by atoms with Crippen LogP contribution in [-0.2, 0) is 21.2 Å². The Morgan fingerprint density at radius 1 is 1.03 bits per heavy atom. The number of sulfonamides is 1.